The Morgan fingerprint density at radius 3 is 2.31 bits per heavy atom. The molecule has 5 rings (SSSR count). The van der Waals surface area contributed by atoms with Crippen molar-refractivity contribution in [1.82, 2.24) is 24.7 Å². The van der Waals surface area contributed by atoms with E-state index in [1.165, 1.54) is 16.4 Å². The molecule has 3 aromatic rings. The Bertz CT molecular complexity index is 1310. The lowest BCUT2D eigenvalue weighted by Crippen LogP contribution is -2.45. The highest BCUT2D eigenvalue weighted by Gasteiger charge is 2.45. The Morgan fingerprint density at radius 1 is 1.03 bits per heavy atom. The third-order valence-corrected chi connectivity index (χ3v) is 8.21. The summed E-state index contributed by atoms with van der Waals surface area (Å²) in [5.74, 6) is -1.22. The van der Waals surface area contributed by atoms with Crippen molar-refractivity contribution in [2.45, 2.75) is 69.4 Å². The van der Waals surface area contributed by atoms with Crippen LogP contribution < -0.4 is 5.32 Å². The Morgan fingerprint density at radius 2 is 1.67 bits per heavy atom. The number of hydrogen-bond acceptors (Lipinski definition) is 4. The summed E-state index contributed by atoms with van der Waals surface area (Å²) in [5.41, 5.74) is 1.89. The molecule has 0 aliphatic carbocycles. The first kappa shape index (κ1) is 27.2. The highest BCUT2D eigenvalue weighted by atomic mass is 19.4. The molecule has 3 heterocycles. The SMILES string of the molecule is CC(=O)N(C)CC(=O)N[C@@H](CCN1C2CCC1CC(n1c(C(F)(F)F)nc3ccccc31)C2)c1ccccc1. The van der Waals surface area contributed by atoms with Crippen LogP contribution in [0.15, 0.2) is 54.6 Å². The van der Waals surface area contributed by atoms with Crippen LogP contribution in [0.2, 0.25) is 0 Å². The quantitative estimate of drug-likeness (QED) is 0.438. The molecule has 2 amide bonds. The number of nitrogens with one attached hydrogen (secondary N) is 1. The summed E-state index contributed by atoms with van der Waals surface area (Å²) in [6.07, 6.45) is -0.703. The highest BCUT2D eigenvalue weighted by Crippen LogP contribution is 2.44. The Labute approximate surface area is 226 Å². The van der Waals surface area contributed by atoms with Crippen LogP contribution >= 0.6 is 0 Å². The van der Waals surface area contributed by atoms with Gasteiger partial charge in [-0.25, -0.2) is 4.98 Å². The van der Waals surface area contributed by atoms with Gasteiger partial charge in [-0.1, -0.05) is 42.5 Å². The van der Waals surface area contributed by atoms with Crippen molar-refractivity contribution in [3.05, 3.63) is 66.0 Å². The Kier molecular flexibility index (Phi) is 7.66. The molecule has 2 saturated heterocycles. The van der Waals surface area contributed by atoms with Gasteiger partial charge < -0.3 is 14.8 Å². The van der Waals surface area contributed by atoms with Crippen LogP contribution in [0.5, 0.6) is 0 Å². The van der Waals surface area contributed by atoms with Gasteiger partial charge in [0.2, 0.25) is 17.6 Å². The van der Waals surface area contributed by atoms with E-state index < -0.39 is 12.0 Å². The van der Waals surface area contributed by atoms with Crippen LogP contribution in [-0.2, 0) is 15.8 Å². The second-order valence-corrected chi connectivity index (χ2v) is 10.7. The summed E-state index contributed by atoms with van der Waals surface area (Å²) in [5, 5.41) is 3.09. The molecule has 0 spiro atoms. The van der Waals surface area contributed by atoms with Crippen LogP contribution in [0.25, 0.3) is 11.0 Å². The second-order valence-electron chi connectivity index (χ2n) is 10.7. The molecule has 10 heteroatoms. The van der Waals surface area contributed by atoms with Crippen LogP contribution in [0.4, 0.5) is 13.2 Å². The lowest BCUT2D eigenvalue weighted by Gasteiger charge is -2.40. The topological polar surface area (TPSA) is 70.5 Å². The van der Waals surface area contributed by atoms with Crippen LogP contribution in [0.1, 0.15) is 62.5 Å². The number of hydrogen-bond donors (Lipinski definition) is 1. The number of amides is 2. The molecule has 1 N–H and O–H groups in total. The summed E-state index contributed by atoms with van der Waals surface area (Å²) in [7, 11) is 1.59. The van der Waals surface area contributed by atoms with E-state index in [1.807, 2.05) is 30.3 Å². The molecular formula is C29H34F3N5O2. The van der Waals surface area contributed by atoms with Gasteiger partial charge in [0.05, 0.1) is 23.6 Å². The lowest BCUT2D eigenvalue weighted by atomic mass is 9.95. The van der Waals surface area contributed by atoms with E-state index >= 15 is 0 Å². The maximum Gasteiger partial charge on any atom is 0.449 e. The van der Waals surface area contributed by atoms with Gasteiger partial charge >= 0.3 is 6.18 Å². The minimum Gasteiger partial charge on any atom is -0.348 e. The van der Waals surface area contributed by atoms with Crippen LogP contribution in [0, 0.1) is 0 Å². The van der Waals surface area contributed by atoms with Gasteiger partial charge in [-0.3, -0.25) is 14.5 Å². The predicted molar refractivity (Wildman–Crippen MR) is 142 cm³/mol. The summed E-state index contributed by atoms with van der Waals surface area (Å²) in [6.45, 7) is 2.13. The average Bonchev–Trinajstić information content (AvgIpc) is 3.41. The molecule has 3 atom stereocenters. The third kappa shape index (κ3) is 5.80. The molecule has 1 aromatic heterocycles. The zero-order valence-electron chi connectivity index (χ0n) is 22.2. The molecule has 2 unspecified atom stereocenters. The number of nitrogens with zero attached hydrogens (tertiary/aromatic N) is 4. The second kappa shape index (κ2) is 11.0. The number of halogens is 3. The highest BCUT2D eigenvalue weighted by molar-refractivity contribution is 5.83. The molecule has 2 fully saturated rings. The molecule has 7 nitrogen and oxygen atoms in total. The molecule has 2 aliphatic rings. The molecule has 2 aromatic carbocycles. The standard InChI is InChI=1S/C29H34F3N5O2/c1-19(38)35(2)18-27(39)33-24(20-8-4-3-5-9-20)14-15-36-21-12-13-22(36)17-23(16-21)37-26-11-7-6-10-25(26)34-28(37)29(30,31)32/h3-11,21-24H,12-18H2,1-2H3,(H,33,39)/t21?,22?,23?,24-/m0/s1. The van der Waals surface area contributed by atoms with Crippen molar-refractivity contribution in [2.75, 3.05) is 20.1 Å². The Hall–Kier alpha value is -3.40. The number of aromatic nitrogens is 2. The number of alkyl halides is 3. The van der Waals surface area contributed by atoms with Crippen LogP contribution in [-0.4, -0.2) is 63.4 Å². The van der Waals surface area contributed by atoms with E-state index in [9.17, 15) is 22.8 Å². The lowest BCUT2D eigenvalue weighted by molar-refractivity contribution is -0.148. The van der Waals surface area contributed by atoms with E-state index in [-0.39, 0.29) is 42.5 Å². The van der Waals surface area contributed by atoms with Crippen molar-refractivity contribution < 1.29 is 22.8 Å². The predicted octanol–water partition coefficient (Wildman–Crippen LogP) is 4.95. The third-order valence-electron chi connectivity index (χ3n) is 8.21. The van der Waals surface area contributed by atoms with Crippen molar-refractivity contribution in [3.63, 3.8) is 0 Å². The number of fused-ring (bicyclic) bond motifs is 3. The number of rotatable bonds is 8. The van der Waals surface area contributed by atoms with Gasteiger partial charge in [-0.2, -0.15) is 13.2 Å². The minimum absolute atomic E-state index is 0.0181. The first-order chi connectivity index (χ1) is 18.6. The van der Waals surface area contributed by atoms with E-state index in [1.54, 1.807) is 31.3 Å². The number of likely N-dealkylation sites (N-methyl/N-ethyl adjacent to an activating group) is 1. The number of imidazole rings is 1. The van der Waals surface area contributed by atoms with E-state index in [2.05, 4.69) is 15.2 Å². The first-order valence-electron chi connectivity index (χ1n) is 13.5. The van der Waals surface area contributed by atoms with Gasteiger partial charge in [0.25, 0.3) is 0 Å². The molecule has 2 aliphatic heterocycles. The normalized spacial score (nSPS) is 22.1. The van der Waals surface area contributed by atoms with Gasteiger partial charge in [-0.05, 0) is 49.8 Å². The molecule has 39 heavy (non-hydrogen) atoms. The number of benzene rings is 2. The summed E-state index contributed by atoms with van der Waals surface area (Å²) in [6, 6.07) is 16.4. The Balaban J connectivity index is 1.31. The molecule has 208 valence electrons. The zero-order valence-corrected chi connectivity index (χ0v) is 22.2. The van der Waals surface area contributed by atoms with Crippen LogP contribution in [0.3, 0.4) is 0 Å². The first-order valence-corrected chi connectivity index (χ1v) is 13.5. The number of para-hydroxylation sites is 2. The molecule has 0 radical (unpaired) electrons. The zero-order chi connectivity index (χ0) is 27.7. The fourth-order valence-electron chi connectivity index (χ4n) is 6.29. The van der Waals surface area contributed by atoms with Gasteiger partial charge in [0.15, 0.2) is 0 Å². The van der Waals surface area contributed by atoms with E-state index in [4.69, 9.17) is 0 Å². The van der Waals surface area contributed by atoms with Crippen molar-refractivity contribution in [3.8, 4) is 0 Å². The van der Waals surface area contributed by atoms with Gasteiger partial charge in [-0.15, -0.1) is 0 Å². The minimum atomic E-state index is -4.52. The van der Waals surface area contributed by atoms with Crippen molar-refractivity contribution >= 4 is 22.8 Å². The average molecular weight is 542 g/mol. The summed E-state index contributed by atoms with van der Waals surface area (Å²) in [4.78, 5) is 32.0. The van der Waals surface area contributed by atoms with E-state index in [0.717, 1.165) is 24.9 Å². The molecule has 2 bridgehead atoms. The van der Waals surface area contributed by atoms with Crippen molar-refractivity contribution in [2.24, 2.45) is 0 Å². The van der Waals surface area contributed by atoms with Gasteiger partial charge in [0, 0.05) is 38.6 Å². The number of carbonyl (C=O) groups excluding carboxylic acids is 2. The smallest absolute Gasteiger partial charge is 0.348 e. The maximum absolute atomic E-state index is 14.0. The fraction of sp³-hybridized carbons (Fsp3) is 0.483. The van der Waals surface area contributed by atoms with Gasteiger partial charge in [0.1, 0.15) is 0 Å². The fourth-order valence-corrected chi connectivity index (χ4v) is 6.29. The number of carbonyl (C=O) groups is 2. The molecule has 0 saturated carbocycles. The number of piperidine rings is 1. The monoisotopic (exact) mass is 541 g/mol. The summed E-state index contributed by atoms with van der Waals surface area (Å²) < 4.78 is 43.4. The van der Waals surface area contributed by atoms with E-state index in [0.29, 0.717) is 30.3 Å². The molecular weight excluding hydrogens is 507 g/mol. The van der Waals surface area contributed by atoms with Crippen molar-refractivity contribution in [1.29, 1.82) is 0 Å². The maximum atomic E-state index is 14.0. The summed E-state index contributed by atoms with van der Waals surface area (Å²) >= 11 is 0. The largest absolute Gasteiger partial charge is 0.449 e.